The third-order valence-corrected chi connectivity index (χ3v) is 3.85. The Balaban J connectivity index is 1.87. The second-order valence-corrected chi connectivity index (χ2v) is 5.41. The highest BCUT2D eigenvalue weighted by molar-refractivity contribution is 5.94. The van der Waals surface area contributed by atoms with Gasteiger partial charge in [-0.3, -0.25) is 9.36 Å². The number of carbonyl (C=O) groups excluding carboxylic acids is 1. The largest absolute Gasteiger partial charge is 0.395 e. The number of aliphatic hydroxyl groups is 1. The number of carbonyl (C=O) groups is 1. The van der Waals surface area contributed by atoms with Crippen LogP contribution in [0.5, 0.6) is 0 Å². The minimum absolute atomic E-state index is 0.0707. The molecule has 0 radical (unpaired) electrons. The lowest BCUT2D eigenvalue weighted by Gasteiger charge is -2.20. The average Bonchev–Trinajstić information content (AvgIpc) is 3.05. The summed E-state index contributed by atoms with van der Waals surface area (Å²) >= 11 is 0. The monoisotopic (exact) mass is 321 g/mol. The van der Waals surface area contributed by atoms with Gasteiger partial charge in [-0.05, 0) is 36.4 Å². The van der Waals surface area contributed by atoms with Gasteiger partial charge < -0.3 is 10.0 Å². The van der Waals surface area contributed by atoms with E-state index in [-0.39, 0.29) is 12.5 Å². The van der Waals surface area contributed by atoms with Crippen molar-refractivity contribution in [3.05, 3.63) is 73.1 Å². The molecular weight excluding hydrogens is 302 g/mol. The van der Waals surface area contributed by atoms with Crippen LogP contribution in [0.2, 0.25) is 0 Å². The van der Waals surface area contributed by atoms with Crippen molar-refractivity contribution in [3.8, 4) is 5.69 Å². The average molecular weight is 321 g/mol. The number of rotatable bonds is 6. The van der Waals surface area contributed by atoms with Crippen LogP contribution in [0, 0.1) is 0 Å². The molecule has 2 aromatic carbocycles. The van der Waals surface area contributed by atoms with Gasteiger partial charge in [-0.15, -0.1) is 6.58 Å². The van der Waals surface area contributed by atoms with Crippen LogP contribution >= 0.6 is 0 Å². The van der Waals surface area contributed by atoms with Gasteiger partial charge in [0.05, 0.1) is 17.6 Å². The van der Waals surface area contributed by atoms with E-state index in [2.05, 4.69) is 11.6 Å². The van der Waals surface area contributed by atoms with Crippen molar-refractivity contribution in [1.29, 1.82) is 0 Å². The summed E-state index contributed by atoms with van der Waals surface area (Å²) in [6.07, 6.45) is 3.43. The van der Waals surface area contributed by atoms with Crippen molar-refractivity contribution in [2.45, 2.75) is 0 Å². The lowest BCUT2D eigenvalue weighted by Crippen LogP contribution is -2.33. The van der Waals surface area contributed by atoms with Crippen LogP contribution in [0.1, 0.15) is 10.4 Å². The fourth-order valence-corrected chi connectivity index (χ4v) is 2.66. The quantitative estimate of drug-likeness (QED) is 0.710. The van der Waals surface area contributed by atoms with Crippen molar-refractivity contribution in [1.82, 2.24) is 14.5 Å². The number of aromatic nitrogens is 2. The third-order valence-electron chi connectivity index (χ3n) is 3.85. The number of nitrogens with zero attached hydrogens (tertiary/aromatic N) is 3. The van der Waals surface area contributed by atoms with Gasteiger partial charge in [-0.1, -0.05) is 18.2 Å². The summed E-state index contributed by atoms with van der Waals surface area (Å²) in [5.41, 5.74) is 3.47. The smallest absolute Gasteiger partial charge is 0.254 e. The fourth-order valence-electron chi connectivity index (χ4n) is 2.66. The number of imidazole rings is 1. The lowest BCUT2D eigenvalue weighted by atomic mass is 10.1. The summed E-state index contributed by atoms with van der Waals surface area (Å²) in [6, 6.07) is 15.3. The summed E-state index contributed by atoms with van der Waals surface area (Å²) in [7, 11) is 0. The van der Waals surface area contributed by atoms with Gasteiger partial charge in [-0.25, -0.2) is 4.98 Å². The van der Waals surface area contributed by atoms with E-state index in [0.717, 1.165) is 16.7 Å². The minimum Gasteiger partial charge on any atom is -0.395 e. The van der Waals surface area contributed by atoms with E-state index in [4.69, 9.17) is 5.11 Å². The van der Waals surface area contributed by atoms with E-state index in [9.17, 15) is 4.79 Å². The van der Waals surface area contributed by atoms with Crippen LogP contribution in [0.3, 0.4) is 0 Å². The maximum atomic E-state index is 12.5. The number of fused-ring (bicyclic) bond motifs is 1. The highest BCUT2D eigenvalue weighted by atomic mass is 16.3. The molecule has 0 spiro atoms. The Labute approximate surface area is 140 Å². The molecule has 3 aromatic rings. The van der Waals surface area contributed by atoms with Gasteiger partial charge in [-0.2, -0.15) is 0 Å². The van der Waals surface area contributed by atoms with Crippen molar-refractivity contribution < 1.29 is 9.90 Å². The van der Waals surface area contributed by atoms with E-state index in [1.54, 1.807) is 29.4 Å². The molecule has 0 bridgehead atoms. The normalized spacial score (nSPS) is 10.7. The topological polar surface area (TPSA) is 58.4 Å². The van der Waals surface area contributed by atoms with E-state index in [1.807, 2.05) is 41.0 Å². The molecule has 0 saturated heterocycles. The molecule has 122 valence electrons. The molecule has 0 fully saturated rings. The molecule has 1 heterocycles. The highest BCUT2D eigenvalue weighted by Gasteiger charge is 2.14. The molecule has 0 unspecified atom stereocenters. The van der Waals surface area contributed by atoms with Gasteiger partial charge in [0.15, 0.2) is 0 Å². The van der Waals surface area contributed by atoms with Gasteiger partial charge in [0.25, 0.3) is 5.91 Å². The van der Waals surface area contributed by atoms with Crippen molar-refractivity contribution in [3.63, 3.8) is 0 Å². The predicted molar refractivity (Wildman–Crippen MR) is 94.3 cm³/mol. The molecule has 0 aliphatic heterocycles. The molecule has 1 amide bonds. The number of aliphatic hydroxyl groups excluding tert-OH is 1. The molecule has 1 aromatic heterocycles. The molecule has 5 nitrogen and oxygen atoms in total. The summed E-state index contributed by atoms with van der Waals surface area (Å²) in [4.78, 5) is 18.4. The first kappa shape index (κ1) is 16.0. The number of hydrogen-bond acceptors (Lipinski definition) is 3. The van der Waals surface area contributed by atoms with Crippen LogP contribution in [0.4, 0.5) is 0 Å². The Hall–Kier alpha value is -2.92. The highest BCUT2D eigenvalue weighted by Crippen LogP contribution is 2.18. The van der Waals surface area contributed by atoms with Crippen LogP contribution in [-0.2, 0) is 0 Å². The van der Waals surface area contributed by atoms with E-state index < -0.39 is 0 Å². The molecule has 1 N–H and O–H groups in total. The van der Waals surface area contributed by atoms with Gasteiger partial charge >= 0.3 is 0 Å². The van der Waals surface area contributed by atoms with Crippen LogP contribution in [0.15, 0.2) is 67.5 Å². The SMILES string of the molecule is C=CCN(CCO)C(=O)c1ccc(-n2cnc3ccccc32)cc1. The Morgan fingerprint density at radius 2 is 1.96 bits per heavy atom. The Morgan fingerprint density at radius 3 is 2.67 bits per heavy atom. The van der Waals surface area contributed by atoms with E-state index in [0.29, 0.717) is 18.7 Å². The van der Waals surface area contributed by atoms with Crippen molar-refractivity contribution in [2.75, 3.05) is 19.7 Å². The lowest BCUT2D eigenvalue weighted by molar-refractivity contribution is 0.0743. The first-order valence-corrected chi connectivity index (χ1v) is 7.78. The van der Waals surface area contributed by atoms with Crippen LogP contribution in [0.25, 0.3) is 16.7 Å². The minimum atomic E-state index is -0.119. The first-order chi connectivity index (χ1) is 11.7. The van der Waals surface area contributed by atoms with Gasteiger partial charge in [0, 0.05) is 24.3 Å². The van der Waals surface area contributed by atoms with Gasteiger partial charge in [0.1, 0.15) is 6.33 Å². The number of para-hydroxylation sites is 2. The van der Waals surface area contributed by atoms with E-state index >= 15 is 0 Å². The summed E-state index contributed by atoms with van der Waals surface area (Å²) in [5.74, 6) is -0.119. The van der Waals surface area contributed by atoms with Crippen molar-refractivity contribution >= 4 is 16.9 Å². The van der Waals surface area contributed by atoms with E-state index in [1.165, 1.54) is 0 Å². The second kappa shape index (κ2) is 7.10. The Bertz CT molecular complexity index is 852. The number of benzene rings is 2. The maximum Gasteiger partial charge on any atom is 0.254 e. The Kier molecular flexibility index (Phi) is 4.72. The summed E-state index contributed by atoms with van der Waals surface area (Å²) in [5, 5.41) is 9.09. The molecule has 24 heavy (non-hydrogen) atoms. The summed E-state index contributed by atoms with van der Waals surface area (Å²) in [6.45, 7) is 4.28. The molecule has 0 aliphatic rings. The second-order valence-electron chi connectivity index (χ2n) is 5.41. The predicted octanol–water partition coefficient (Wildman–Crippen LogP) is 2.65. The molecule has 0 aliphatic carbocycles. The molecule has 0 atom stereocenters. The van der Waals surface area contributed by atoms with Gasteiger partial charge in [0.2, 0.25) is 0 Å². The van der Waals surface area contributed by atoms with Crippen molar-refractivity contribution in [2.24, 2.45) is 0 Å². The molecule has 5 heteroatoms. The fraction of sp³-hybridized carbons (Fsp3) is 0.158. The molecule has 0 saturated carbocycles. The number of hydrogen-bond donors (Lipinski definition) is 1. The first-order valence-electron chi connectivity index (χ1n) is 7.78. The molecule has 3 rings (SSSR count). The summed E-state index contributed by atoms with van der Waals surface area (Å²) < 4.78 is 1.98. The molecular formula is C19H19N3O2. The standard InChI is InChI=1S/C19H19N3O2/c1-2-11-21(12-13-23)19(24)15-7-9-16(10-8-15)22-14-20-17-5-3-4-6-18(17)22/h2-10,14,23H,1,11-13H2. The van der Waals surface area contributed by atoms with Crippen LogP contribution in [-0.4, -0.2) is 45.2 Å². The third kappa shape index (κ3) is 3.07. The maximum absolute atomic E-state index is 12.5. The number of amides is 1. The zero-order valence-electron chi connectivity index (χ0n) is 13.3. The Morgan fingerprint density at radius 1 is 1.21 bits per heavy atom. The zero-order chi connectivity index (χ0) is 16.9. The zero-order valence-corrected chi connectivity index (χ0v) is 13.3. The van der Waals surface area contributed by atoms with Crippen LogP contribution < -0.4 is 0 Å².